The van der Waals surface area contributed by atoms with E-state index in [4.69, 9.17) is 0 Å². The lowest BCUT2D eigenvalue weighted by atomic mass is 10.0. The molecule has 0 saturated heterocycles. The van der Waals surface area contributed by atoms with Crippen LogP contribution in [0.3, 0.4) is 0 Å². The Morgan fingerprint density at radius 1 is 1.00 bits per heavy atom. The number of nitrogens with zero attached hydrogens (tertiary/aromatic N) is 1. The van der Waals surface area contributed by atoms with Crippen molar-refractivity contribution < 1.29 is 9.59 Å². The SMILES string of the molecule is C=CCN1C(=O)C(Nc2ccc(C)c(C)c2)=C(c2ccccc2)C1=O. The van der Waals surface area contributed by atoms with Crippen molar-refractivity contribution in [2.24, 2.45) is 0 Å². The minimum atomic E-state index is -0.331. The minimum absolute atomic E-state index is 0.187. The van der Waals surface area contributed by atoms with Crippen molar-refractivity contribution in [3.63, 3.8) is 0 Å². The maximum atomic E-state index is 12.8. The molecule has 0 unspecified atom stereocenters. The summed E-state index contributed by atoms with van der Waals surface area (Å²) in [5.41, 5.74) is 4.50. The van der Waals surface area contributed by atoms with Gasteiger partial charge >= 0.3 is 0 Å². The normalized spacial score (nSPS) is 14.2. The monoisotopic (exact) mass is 332 g/mol. The van der Waals surface area contributed by atoms with Crippen molar-refractivity contribution in [3.8, 4) is 0 Å². The highest BCUT2D eigenvalue weighted by atomic mass is 16.2. The minimum Gasteiger partial charge on any atom is -0.350 e. The van der Waals surface area contributed by atoms with E-state index < -0.39 is 0 Å². The molecule has 25 heavy (non-hydrogen) atoms. The Morgan fingerprint density at radius 2 is 1.72 bits per heavy atom. The molecular formula is C21H20N2O2. The van der Waals surface area contributed by atoms with Gasteiger partial charge in [0.2, 0.25) is 0 Å². The molecule has 0 bridgehead atoms. The molecule has 2 amide bonds. The summed E-state index contributed by atoms with van der Waals surface area (Å²) >= 11 is 0. The third-order valence-corrected chi connectivity index (χ3v) is 4.32. The summed E-state index contributed by atoms with van der Waals surface area (Å²) < 4.78 is 0. The molecule has 0 radical (unpaired) electrons. The van der Waals surface area contributed by atoms with Crippen molar-refractivity contribution >= 4 is 23.1 Å². The first-order valence-corrected chi connectivity index (χ1v) is 8.14. The van der Waals surface area contributed by atoms with Gasteiger partial charge in [-0.2, -0.15) is 0 Å². The number of benzene rings is 2. The smallest absolute Gasteiger partial charge is 0.278 e. The Labute approximate surface area is 147 Å². The van der Waals surface area contributed by atoms with Crippen LogP contribution in [0.4, 0.5) is 5.69 Å². The largest absolute Gasteiger partial charge is 0.350 e. The van der Waals surface area contributed by atoms with Crippen LogP contribution >= 0.6 is 0 Å². The van der Waals surface area contributed by atoms with Crippen LogP contribution in [-0.2, 0) is 9.59 Å². The molecule has 2 aromatic rings. The van der Waals surface area contributed by atoms with Crippen LogP contribution in [-0.4, -0.2) is 23.3 Å². The van der Waals surface area contributed by atoms with Gasteiger partial charge in [0.15, 0.2) is 0 Å². The average Bonchev–Trinajstić information content (AvgIpc) is 2.84. The number of rotatable bonds is 5. The zero-order chi connectivity index (χ0) is 18.0. The zero-order valence-electron chi connectivity index (χ0n) is 14.4. The van der Waals surface area contributed by atoms with Gasteiger partial charge < -0.3 is 5.32 Å². The lowest BCUT2D eigenvalue weighted by Gasteiger charge is -2.13. The molecule has 1 heterocycles. The number of hydrogen-bond acceptors (Lipinski definition) is 3. The van der Waals surface area contributed by atoms with Gasteiger partial charge in [0.25, 0.3) is 11.8 Å². The molecule has 4 nitrogen and oxygen atoms in total. The van der Waals surface area contributed by atoms with Gasteiger partial charge in [-0.1, -0.05) is 42.5 Å². The molecule has 1 aliphatic heterocycles. The van der Waals surface area contributed by atoms with Crippen LogP contribution < -0.4 is 5.32 Å². The molecule has 0 aromatic heterocycles. The van der Waals surface area contributed by atoms with Gasteiger partial charge in [0.1, 0.15) is 5.70 Å². The van der Waals surface area contributed by atoms with Crippen LogP contribution in [0, 0.1) is 13.8 Å². The van der Waals surface area contributed by atoms with E-state index in [0.717, 1.165) is 16.8 Å². The lowest BCUT2D eigenvalue weighted by molar-refractivity contribution is -0.136. The van der Waals surface area contributed by atoms with Crippen molar-refractivity contribution in [2.75, 3.05) is 11.9 Å². The maximum absolute atomic E-state index is 12.8. The third kappa shape index (κ3) is 3.11. The summed E-state index contributed by atoms with van der Waals surface area (Å²) in [6.07, 6.45) is 1.55. The van der Waals surface area contributed by atoms with Gasteiger partial charge in [-0.25, -0.2) is 0 Å². The van der Waals surface area contributed by atoms with Crippen LogP contribution in [0.15, 0.2) is 66.9 Å². The van der Waals surface area contributed by atoms with Gasteiger partial charge in [-0.05, 0) is 42.7 Å². The number of hydrogen-bond donors (Lipinski definition) is 1. The first kappa shape index (κ1) is 16.7. The highest BCUT2D eigenvalue weighted by Gasteiger charge is 2.38. The molecule has 0 saturated carbocycles. The molecule has 126 valence electrons. The number of nitrogens with one attached hydrogen (secondary N) is 1. The first-order chi connectivity index (χ1) is 12.0. The van der Waals surface area contributed by atoms with Crippen LogP contribution in [0.1, 0.15) is 16.7 Å². The Morgan fingerprint density at radius 3 is 2.36 bits per heavy atom. The highest BCUT2D eigenvalue weighted by Crippen LogP contribution is 2.30. The number of anilines is 1. The van der Waals surface area contributed by atoms with E-state index in [1.165, 1.54) is 10.5 Å². The molecule has 0 spiro atoms. The number of carbonyl (C=O) groups excluding carboxylic acids is 2. The molecule has 1 N–H and O–H groups in total. The Hall–Kier alpha value is -3.14. The maximum Gasteiger partial charge on any atom is 0.278 e. The van der Waals surface area contributed by atoms with E-state index in [1.807, 2.05) is 62.4 Å². The Bertz CT molecular complexity index is 882. The topological polar surface area (TPSA) is 49.4 Å². The van der Waals surface area contributed by atoms with Crippen LogP contribution in [0.25, 0.3) is 5.57 Å². The van der Waals surface area contributed by atoms with Crippen LogP contribution in [0.2, 0.25) is 0 Å². The number of aryl methyl sites for hydroxylation is 2. The number of carbonyl (C=O) groups is 2. The second-order valence-corrected chi connectivity index (χ2v) is 6.05. The fourth-order valence-electron chi connectivity index (χ4n) is 2.82. The second kappa shape index (κ2) is 6.77. The zero-order valence-corrected chi connectivity index (χ0v) is 14.4. The van der Waals surface area contributed by atoms with E-state index in [1.54, 1.807) is 6.08 Å². The van der Waals surface area contributed by atoms with Gasteiger partial charge in [0, 0.05) is 12.2 Å². The Kier molecular flexibility index (Phi) is 4.52. The van der Waals surface area contributed by atoms with Gasteiger partial charge in [-0.3, -0.25) is 14.5 Å². The van der Waals surface area contributed by atoms with E-state index in [-0.39, 0.29) is 18.4 Å². The van der Waals surface area contributed by atoms with E-state index in [2.05, 4.69) is 11.9 Å². The first-order valence-electron chi connectivity index (χ1n) is 8.14. The highest BCUT2D eigenvalue weighted by molar-refractivity contribution is 6.36. The molecule has 3 rings (SSSR count). The molecule has 0 aliphatic carbocycles. The molecule has 1 aliphatic rings. The summed E-state index contributed by atoms with van der Waals surface area (Å²) in [6.45, 7) is 7.87. The summed E-state index contributed by atoms with van der Waals surface area (Å²) in [5.74, 6) is -0.635. The van der Waals surface area contributed by atoms with Crippen molar-refractivity contribution in [2.45, 2.75) is 13.8 Å². The molecular weight excluding hydrogens is 312 g/mol. The summed E-state index contributed by atoms with van der Waals surface area (Å²) in [6, 6.07) is 15.1. The van der Waals surface area contributed by atoms with Gasteiger partial charge in [0.05, 0.1) is 5.57 Å². The molecule has 2 aromatic carbocycles. The second-order valence-electron chi connectivity index (χ2n) is 6.05. The average molecular weight is 332 g/mol. The van der Waals surface area contributed by atoms with Crippen molar-refractivity contribution in [1.29, 1.82) is 0 Å². The summed E-state index contributed by atoms with van der Waals surface area (Å²) in [7, 11) is 0. The molecule has 0 atom stereocenters. The fraction of sp³-hybridized carbons (Fsp3) is 0.143. The standard InChI is InChI=1S/C21H20N2O2/c1-4-12-23-20(24)18(16-8-6-5-7-9-16)19(21(23)25)22-17-11-10-14(2)15(3)13-17/h4-11,13,22H,1,12H2,2-3H3. The molecule has 0 fully saturated rings. The van der Waals surface area contributed by atoms with Crippen LogP contribution in [0.5, 0.6) is 0 Å². The third-order valence-electron chi connectivity index (χ3n) is 4.32. The van der Waals surface area contributed by atoms with Crippen molar-refractivity contribution in [1.82, 2.24) is 4.90 Å². The van der Waals surface area contributed by atoms with Crippen molar-refractivity contribution in [3.05, 3.63) is 83.6 Å². The van der Waals surface area contributed by atoms with Gasteiger partial charge in [-0.15, -0.1) is 6.58 Å². The Balaban J connectivity index is 2.07. The summed E-state index contributed by atoms with van der Waals surface area (Å²) in [4.78, 5) is 26.8. The van der Waals surface area contributed by atoms with E-state index in [0.29, 0.717) is 11.3 Å². The molecule has 4 heteroatoms. The fourth-order valence-corrected chi connectivity index (χ4v) is 2.82. The van der Waals surface area contributed by atoms with E-state index >= 15 is 0 Å². The quantitative estimate of drug-likeness (QED) is 0.671. The summed E-state index contributed by atoms with van der Waals surface area (Å²) in [5, 5.41) is 3.16. The predicted molar refractivity (Wildman–Crippen MR) is 99.8 cm³/mol. The van der Waals surface area contributed by atoms with E-state index in [9.17, 15) is 9.59 Å². The predicted octanol–water partition coefficient (Wildman–Crippen LogP) is 3.68. The lowest BCUT2D eigenvalue weighted by Crippen LogP contribution is -2.32. The number of amides is 2. The number of imide groups is 1.